The number of esters is 1. The first kappa shape index (κ1) is 32.5. The Bertz CT molecular complexity index is 1180. The number of hydrogen-bond acceptors (Lipinski definition) is 7. The third kappa shape index (κ3) is 10.1. The van der Waals surface area contributed by atoms with Gasteiger partial charge in [-0.15, -0.1) is 0 Å². The predicted molar refractivity (Wildman–Crippen MR) is 163 cm³/mol. The number of benzene rings is 2. The van der Waals surface area contributed by atoms with Crippen molar-refractivity contribution in [2.45, 2.75) is 71.9 Å². The van der Waals surface area contributed by atoms with Crippen LogP contribution in [-0.4, -0.2) is 48.8 Å². The fourth-order valence-electron chi connectivity index (χ4n) is 4.36. The molecule has 2 aliphatic heterocycles. The second kappa shape index (κ2) is 16.4. The average Bonchev–Trinajstić information content (AvgIpc) is 3.24. The second-order valence-electron chi connectivity index (χ2n) is 10.1. The van der Waals surface area contributed by atoms with Crippen molar-refractivity contribution in [1.82, 2.24) is 10.6 Å². The molecule has 2 aromatic rings. The van der Waals surface area contributed by atoms with Gasteiger partial charge in [0.05, 0.1) is 18.4 Å². The normalized spacial score (nSPS) is 20.7. The molecule has 4 unspecified atom stereocenters. The minimum absolute atomic E-state index is 0. The van der Waals surface area contributed by atoms with E-state index in [9.17, 15) is 14.9 Å². The zero-order chi connectivity index (χ0) is 29.7. The van der Waals surface area contributed by atoms with Crippen LogP contribution in [0.15, 0.2) is 54.8 Å². The van der Waals surface area contributed by atoms with Crippen LogP contribution in [0.25, 0.3) is 11.1 Å². The van der Waals surface area contributed by atoms with Gasteiger partial charge in [-0.05, 0) is 59.6 Å². The van der Waals surface area contributed by atoms with Gasteiger partial charge in [0.2, 0.25) is 0 Å². The first-order valence-electron chi connectivity index (χ1n) is 14.0. The summed E-state index contributed by atoms with van der Waals surface area (Å²) < 4.78 is 11.2. The van der Waals surface area contributed by atoms with E-state index >= 15 is 0 Å². The number of aliphatic hydroxyl groups excluding tert-OH is 1. The third-order valence-electron chi connectivity index (χ3n) is 6.44. The lowest BCUT2D eigenvalue weighted by Crippen LogP contribution is -2.46. The van der Waals surface area contributed by atoms with E-state index in [-0.39, 0.29) is 27.8 Å². The molecule has 0 bridgehead atoms. The molecule has 2 aromatic carbocycles. The Morgan fingerprint density at radius 1 is 1.20 bits per heavy atom. The zero-order valence-electron chi connectivity index (χ0n) is 24.3. The summed E-state index contributed by atoms with van der Waals surface area (Å²) in [7, 11) is 0. The lowest BCUT2D eigenvalue weighted by Gasteiger charge is -2.18. The molecule has 1 saturated heterocycles. The van der Waals surface area contributed by atoms with E-state index in [0.717, 1.165) is 35.2 Å². The van der Waals surface area contributed by atoms with Gasteiger partial charge in [-0.1, -0.05) is 64.6 Å². The molecule has 2 aliphatic rings. The highest BCUT2D eigenvalue weighted by molar-refractivity contribution is 5.81. The van der Waals surface area contributed by atoms with Crippen molar-refractivity contribution in [3.05, 3.63) is 65.9 Å². The molecular formula is C32H49N3O5. The fourth-order valence-corrected chi connectivity index (χ4v) is 4.36. The standard InChI is InChI=1S/C27H31N3O4.C3H6O.C2H6.3H2/c1-17-14-29-15-25(33-16-17)27(32)30-22(13-28)11-19-4-6-20(7-5-19)21-8-9-24-23(12-21)18(2)3-10-26(31)34-24;1-3(2)4;1-2;;;/h4-9,12,17-18,22,25,29H,3,10-11,14-16H2,1-2H3,(H,30,32);4H,1H2,2H3;1-2H3;3*1H. The van der Waals surface area contributed by atoms with Crippen LogP contribution in [0.1, 0.15) is 68.8 Å². The fraction of sp³-hybridized carbons (Fsp3) is 0.469. The van der Waals surface area contributed by atoms with E-state index in [2.05, 4.69) is 43.2 Å². The van der Waals surface area contributed by atoms with Crippen LogP contribution in [0.3, 0.4) is 0 Å². The van der Waals surface area contributed by atoms with E-state index in [1.54, 1.807) is 0 Å². The summed E-state index contributed by atoms with van der Waals surface area (Å²) in [5.41, 5.74) is 4.09. The van der Waals surface area contributed by atoms with Gasteiger partial charge in [-0.25, -0.2) is 0 Å². The largest absolute Gasteiger partial charge is 0.513 e. The van der Waals surface area contributed by atoms with Crippen molar-refractivity contribution in [2.24, 2.45) is 5.92 Å². The summed E-state index contributed by atoms with van der Waals surface area (Å²) in [5, 5.41) is 23.5. The summed E-state index contributed by atoms with van der Waals surface area (Å²) in [6, 6.07) is 15.5. The monoisotopic (exact) mass is 555 g/mol. The van der Waals surface area contributed by atoms with Crippen LogP contribution in [0.2, 0.25) is 0 Å². The van der Waals surface area contributed by atoms with Gasteiger partial charge in [-0.2, -0.15) is 5.26 Å². The third-order valence-corrected chi connectivity index (χ3v) is 6.44. The SMILES string of the molecule is C=C(C)O.CC.CC1CNCC(C(=O)NC(C#N)Cc2ccc(-c3ccc4c(c3)C(C)CCC(=O)O4)cc2)OC1.[HH].[HH].[HH]. The molecule has 8 heteroatoms. The molecule has 1 fully saturated rings. The quantitative estimate of drug-likeness (QED) is 0.229. The van der Waals surface area contributed by atoms with Crippen LogP contribution >= 0.6 is 0 Å². The molecule has 0 saturated carbocycles. The number of ether oxygens (including phenoxy) is 2. The average molecular weight is 556 g/mol. The van der Waals surface area contributed by atoms with Gasteiger partial charge in [0.25, 0.3) is 5.91 Å². The molecule has 3 N–H and O–H groups in total. The Balaban J connectivity index is 0. The molecule has 0 aromatic heterocycles. The van der Waals surface area contributed by atoms with Gasteiger partial charge in [0.1, 0.15) is 17.9 Å². The summed E-state index contributed by atoms with van der Waals surface area (Å²) in [5.74, 6) is 0.963. The maximum Gasteiger partial charge on any atom is 0.311 e. The Morgan fingerprint density at radius 2 is 1.85 bits per heavy atom. The molecule has 0 radical (unpaired) electrons. The molecule has 8 nitrogen and oxygen atoms in total. The van der Waals surface area contributed by atoms with E-state index in [4.69, 9.17) is 14.6 Å². The number of fused-ring (bicyclic) bond motifs is 1. The highest BCUT2D eigenvalue weighted by Crippen LogP contribution is 2.36. The van der Waals surface area contributed by atoms with Gasteiger partial charge < -0.3 is 25.2 Å². The van der Waals surface area contributed by atoms with Crippen molar-refractivity contribution in [1.29, 1.82) is 5.26 Å². The van der Waals surface area contributed by atoms with E-state index in [0.29, 0.717) is 37.7 Å². The number of nitrogens with zero attached hydrogens (tertiary/aromatic N) is 1. The van der Waals surface area contributed by atoms with Gasteiger partial charge in [-0.3, -0.25) is 9.59 Å². The molecule has 2 heterocycles. The van der Waals surface area contributed by atoms with Crippen molar-refractivity contribution in [3.63, 3.8) is 0 Å². The van der Waals surface area contributed by atoms with Gasteiger partial charge in [0, 0.05) is 30.2 Å². The molecule has 40 heavy (non-hydrogen) atoms. The molecule has 0 spiro atoms. The number of nitrogens with one attached hydrogen (secondary N) is 2. The smallest absolute Gasteiger partial charge is 0.311 e. The van der Waals surface area contributed by atoms with Crippen molar-refractivity contribution >= 4 is 11.9 Å². The zero-order valence-corrected chi connectivity index (χ0v) is 24.3. The predicted octanol–water partition coefficient (Wildman–Crippen LogP) is 6.17. The summed E-state index contributed by atoms with van der Waals surface area (Å²) >= 11 is 0. The van der Waals surface area contributed by atoms with Crippen molar-refractivity contribution < 1.29 is 28.4 Å². The summed E-state index contributed by atoms with van der Waals surface area (Å²) in [6.07, 6.45) is 1.03. The Labute approximate surface area is 242 Å². The Kier molecular flexibility index (Phi) is 13.4. The van der Waals surface area contributed by atoms with Gasteiger partial charge >= 0.3 is 5.97 Å². The summed E-state index contributed by atoms with van der Waals surface area (Å²) in [4.78, 5) is 24.4. The maximum atomic E-state index is 12.6. The molecule has 1 amide bonds. The molecule has 222 valence electrons. The van der Waals surface area contributed by atoms with E-state index in [1.165, 1.54) is 6.92 Å². The molecular weight excluding hydrogens is 506 g/mol. The van der Waals surface area contributed by atoms with Crippen LogP contribution in [0.4, 0.5) is 0 Å². The number of rotatable bonds is 5. The van der Waals surface area contributed by atoms with Crippen molar-refractivity contribution in [2.75, 3.05) is 19.7 Å². The highest BCUT2D eigenvalue weighted by atomic mass is 16.5. The van der Waals surface area contributed by atoms with E-state index < -0.39 is 12.1 Å². The topological polar surface area (TPSA) is 121 Å². The lowest BCUT2D eigenvalue weighted by molar-refractivity contribution is -0.134. The van der Waals surface area contributed by atoms with Crippen LogP contribution in [0, 0.1) is 17.2 Å². The number of allylic oxidation sites excluding steroid dienone is 1. The first-order chi connectivity index (χ1) is 19.2. The van der Waals surface area contributed by atoms with Crippen LogP contribution < -0.4 is 15.4 Å². The first-order valence-corrected chi connectivity index (χ1v) is 14.0. The number of nitriles is 1. The number of hydrogen-bond donors (Lipinski definition) is 3. The second-order valence-corrected chi connectivity index (χ2v) is 10.1. The number of amides is 1. The number of carbonyl (C=O) groups excluding carboxylic acids is 2. The minimum Gasteiger partial charge on any atom is -0.513 e. The van der Waals surface area contributed by atoms with Gasteiger partial charge in [0.15, 0.2) is 0 Å². The highest BCUT2D eigenvalue weighted by Gasteiger charge is 2.25. The van der Waals surface area contributed by atoms with Crippen molar-refractivity contribution in [3.8, 4) is 22.9 Å². The number of carbonyl (C=O) groups is 2. The number of aliphatic hydroxyl groups is 1. The molecule has 0 aliphatic carbocycles. The Morgan fingerprint density at radius 3 is 2.50 bits per heavy atom. The van der Waals surface area contributed by atoms with Crippen LogP contribution in [0.5, 0.6) is 5.75 Å². The molecule has 4 atom stereocenters. The minimum atomic E-state index is -0.634. The summed E-state index contributed by atoms with van der Waals surface area (Å²) in [6.45, 7) is 14.6. The Hall–Kier alpha value is -3.67. The lowest BCUT2D eigenvalue weighted by atomic mass is 9.92. The maximum absolute atomic E-state index is 12.6. The van der Waals surface area contributed by atoms with E-state index in [1.807, 2.05) is 50.2 Å². The van der Waals surface area contributed by atoms with Crippen LogP contribution in [-0.2, 0) is 20.7 Å². The molecule has 4 rings (SSSR count).